The van der Waals surface area contributed by atoms with Crippen LogP contribution in [0.15, 0.2) is 12.2 Å². The highest BCUT2D eigenvalue weighted by Gasteiger charge is 2.43. The van der Waals surface area contributed by atoms with Crippen molar-refractivity contribution < 1.29 is 4.74 Å². The van der Waals surface area contributed by atoms with Crippen LogP contribution >= 0.6 is 0 Å². The lowest BCUT2D eigenvalue weighted by Gasteiger charge is -2.41. The lowest BCUT2D eigenvalue weighted by atomic mass is 10.2. The van der Waals surface area contributed by atoms with E-state index in [0.717, 1.165) is 29.9 Å². The van der Waals surface area contributed by atoms with Crippen LogP contribution in [0.1, 0.15) is 72.1 Å². The first-order valence-corrected chi connectivity index (χ1v) is 10.6. The highest BCUT2D eigenvalue weighted by atomic mass is 28.3. The predicted molar refractivity (Wildman–Crippen MR) is 91.3 cm³/mol. The van der Waals surface area contributed by atoms with Crippen LogP contribution in [0.3, 0.4) is 0 Å². The maximum absolute atomic E-state index is 6.00. The molecule has 0 bridgehead atoms. The van der Waals surface area contributed by atoms with Gasteiger partial charge in [0, 0.05) is 6.61 Å². The highest BCUT2D eigenvalue weighted by molar-refractivity contribution is 6.65. The Morgan fingerprint density at radius 2 is 1.50 bits per heavy atom. The Hall–Kier alpha value is -0.0831. The molecule has 20 heavy (non-hydrogen) atoms. The Balaban J connectivity index is 2.01. The van der Waals surface area contributed by atoms with E-state index in [2.05, 4.69) is 27.4 Å². The van der Waals surface area contributed by atoms with Crippen molar-refractivity contribution in [2.45, 2.75) is 88.3 Å². The van der Waals surface area contributed by atoms with E-state index in [1.165, 1.54) is 51.4 Å². The van der Waals surface area contributed by atoms with E-state index in [4.69, 9.17) is 4.74 Å². The van der Waals surface area contributed by atoms with Crippen LogP contribution in [0.25, 0.3) is 0 Å². The largest absolute Gasteiger partial charge is 0.377 e. The van der Waals surface area contributed by atoms with Crippen LogP contribution in [-0.2, 0) is 4.74 Å². The Morgan fingerprint density at radius 1 is 1.05 bits per heavy atom. The van der Waals surface area contributed by atoms with Crippen LogP contribution in [-0.4, -0.2) is 22.0 Å². The van der Waals surface area contributed by atoms with Gasteiger partial charge in [-0.05, 0) is 23.0 Å². The van der Waals surface area contributed by atoms with Gasteiger partial charge in [-0.1, -0.05) is 77.4 Å². The molecular weight excluding hydrogens is 260 g/mol. The maximum Gasteiger partial charge on any atom is 0.0671 e. The third-order valence-corrected chi connectivity index (χ3v) is 10.9. The Morgan fingerprint density at radius 3 is 1.90 bits per heavy atom. The molecule has 116 valence electrons. The van der Waals surface area contributed by atoms with E-state index in [-0.39, 0.29) is 0 Å². The van der Waals surface area contributed by atoms with Crippen molar-refractivity contribution in [3.05, 3.63) is 12.2 Å². The molecule has 2 heteroatoms. The summed E-state index contributed by atoms with van der Waals surface area (Å²) in [6.07, 6.45) is 12.1. The molecule has 0 aromatic heterocycles. The lowest BCUT2D eigenvalue weighted by molar-refractivity contribution is 0.132. The predicted octanol–water partition coefficient (Wildman–Crippen LogP) is 5.47. The van der Waals surface area contributed by atoms with Gasteiger partial charge < -0.3 is 4.74 Å². The van der Waals surface area contributed by atoms with E-state index < -0.39 is 8.80 Å². The Labute approximate surface area is 127 Å². The summed E-state index contributed by atoms with van der Waals surface area (Å²) in [4.78, 5) is 0. The molecule has 2 rings (SSSR count). The van der Waals surface area contributed by atoms with Crippen molar-refractivity contribution in [3.8, 4) is 0 Å². The monoisotopic (exact) mass is 294 g/mol. The summed E-state index contributed by atoms with van der Waals surface area (Å²) in [5, 5.41) is 0.458. The third-order valence-electron chi connectivity index (χ3n) is 5.54. The summed E-state index contributed by atoms with van der Waals surface area (Å²) in [7, 11) is -0.765. The van der Waals surface area contributed by atoms with Gasteiger partial charge in [-0.15, -0.1) is 0 Å². The molecule has 0 aliphatic heterocycles. The summed E-state index contributed by atoms with van der Waals surface area (Å²) in [6, 6.07) is 0. The average molecular weight is 295 g/mol. The van der Waals surface area contributed by atoms with E-state index >= 15 is 0 Å². The van der Waals surface area contributed by atoms with E-state index in [1.54, 1.807) is 0 Å². The van der Waals surface area contributed by atoms with Gasteiger partial charge in [0.15, 0.2) is 0 Å². The summed E-state index contributed by atoms with van der Waals surface area (Å²) in [5.41, 5.74) is 3.35. The standard InChI is InChI=1S/C18H34OSi/c1-15(2)13-19-14-18(3,4)20(16-9-5-6-10-16)17-11-7-8-12-17/h16-17,20H,1,5-14H2,2-4H3. The normalized spacial score (nSPS) is 22.0. The zero-order valence-electron chi connectivity index (χ0n) is 13.9. The molecule has 0 saturated heterocycles. The van der Waals surface area contributed by atoms with Gasteiger partial charge >= 0.3 is 0 Å². The van der Waals surface area contributed by atoms with Gasteiger partial charge in [0.1, 0.15) is 0 Å². The fourth-order valence-electron chi connectivity index (χ4n) is 4.88. The van der Waals surface area contributed by atoms with Gasteiger partial charge in [-0.3, -0.25) is 0 Å². The van der Waals surface area contributed by atoms with Crippen molar-refractivity contribution in [3.63, 3.8) is 0 Å². The number of hydrogen-bond donors (Lipinski definition) is 0. The van der Waals surface area contributed by atoms with Gasteiger partial charge in [0.2, 0.25) is 0 Å². The molecule has 2 saturated carbocycles. The second kappa shape index (κ2) is 7.26. The molecule has 1 nitrogen and oxygen atoms in total. The minimum Gasteiger partial charge on any atom is -0.377 e. The quantitative estimate of drug-likeness (QED) is 0.446. The molecule has 2 aliphatic rings. The fourth-order valence-corrected chi connectivity index (χ4v) is 10.9. The summed E-state index contributed by atoms with van der Waals surface area (Å²) < 4.78 is 6.00. The van der Waals surface area contributed by atoms with Crippen LogP contribution in [0, 0.1) is 0 Å². The highest BCUT2D eigenvalue weighted by Crippen LogP contribution is 2.52. The minimum absolute atomic E-state index is 0.458. The second-order valence-electron chi connectivity index (χ2n) is 8.05. The van der Waals surface area contributed by atoms with Crippen molar-refractivity contribution in [1.82, 2.24) is 0 Å². The first-order chi connectivity index (χ1) is 9.50. The van der Waals surface area contributed by atoms with Crippen LogP contribution in [0.5, 0.6) is 0 Å². The second-order valence-corrected chi connectivity index (χ2v) is 12.6. The topological polar surface area (TPSA) is 9.23 Å². The van der Waals surface area contributed by atoms with Gasteiger partial charge in [-0.25, -0.2) is 0 Å². The SMILES string of the molecule is C=C(C)COCC(C)(C)[SiH](C1CCCC1)C1CCCC1. The molecule has 0 unspecified atom stereocenters. The molecule has 0 amide bonds. The fraction of sp³-hybridized carbons (Fsp3) is 0.889. The molecular formula is C18H34OSi. The third kappa shape index (κ3) is 4.21. The average Bonchev–Trinajstić information content (AvgIpc) is 3.01. The Bertz CT molecular complexity index is 295. The maximum atomic E-state index is 6.00. The van der Waals surface area contributed by atoms with Crippen LogP contribution in [0.4, 0.5) is 0 Å². The molecule has 0 N–H and O–H groups in total. The molecule has 0 atom stereocenters. The van der Waals surface area contributed by atoms with Gasteiger partial charge in [0.05, 0.1) is 15.4 Å². The number of hydrogen-bond acceptors (Lipinski definition) is 1. The summed E-state index contributed by atoms with van der Waals surface area (Å²) in [5.74, 6) is 0. The first-order valence-electron chi connectivity index (χ1n) is 8.73. The smallest absolute Gasteiger partial charge is 0.0671 e. The molecule has 2 fully saturated rings. The Kier molecular flexibility index (Phi) is 5.92. The van der Waals surface area contributed by atoms with Crippen molar-refractivity contribution in [1.29, 1.82) is 0 Å². The zero-order chi connectivity index (χ0) is 14.6. The lowest BCUT2D eigenvalue weighted by Crippen LogP contribution is -2.39. The number of rotatable bonds is 7. The first kappa shape index (κ1) is 16.3. The van der Waals surface area contributed by atoms with Gasteiger partial charge in [0.25, 0.3) is 0 Å². The van der Waals surface area contributed by atoms with Crippen molar-refractivity contribution >= 4 is 8.80 Å². The molecule has 0 radical (unpaired) electrons. The van der Waals surface area contributed by atoms with Crippen molar-refractivity contribution in [2.24, 2.45) is 0 Å². The molecule has 0 heterocycles. The van der Waals surface area contributed by atoms with Crippen LogP contribution < -0.4 is 0 Å². The summed E-state index contributed by atoms with van der Waals surface area (Å²) in [6.45, 7) is 12.8. The molecule has 0 spiro atoms. The zero-order valence-corrected chi connectivity index (χ0v) is 15.1. The van der Waals surface area contributed by atoms with Gasteiger partial charge in [-0.2, -0.15) is 0 Å². The minimum atomic E-state index is -0.765. The summed E-state index contributed by atoms with van der Waals surface area (Å²) >= 11 is 0. The van der Waals surface area contributed by atoms with E-state index in [1.807, 2.05) is 0 Å². The molecule has 2 aliphatic carbocycles. The molecule has 0 aromatic rings. The van der Waals surface area contributed by atoms with E-state index in [9.17, 15) is 0 Å². The van der Waals surface area contributed by atoms with E-state index in [0.29, 0.717) is 5.04 Å². The number of ether oxygens (including phenoxy) is 1. The van der Waals surface area contributed by atoms with Crippen molar-refractivity contribution in [2.75, 3.05) is 13.2 Å². The van der Waals surface area contributed by atoms with Crippen LogP contribution in [0.2, 0.25) is 16.1 Å². The molecule has 0 aromatic carbocycles.